The van der Waals surface area contributed by atoms with E-state index >= 15 is 0 Å². The van der Waals surface area contributed by atoms with Crippen LogP contribution >= 0.6 is 11.3 Å². The van der Waals surface area contributed by atoms with Crippen molar-refractivity contribution in [1.29, 1.82) is 0 Å². The number of aromatic amines is 1. The molecule has 0 unspecified atom stereocenters. The van der Waals surface area contributed by atoms with Crippen LogP contribution in [0.25, 0.3) is 28.1 Å². The van der Waals surface area contributed by atoms with Gasteiger partial charge in [-0.3, -0.25) is 5.10 Å². The third kappa shape index (κ3) is 3.98. The van der Waals surface area contributed by atoms with Gasteiger partial charge in [0.2, 0.25) is 0 Å². The quantitative estimate of drug-likeness (QED) is 0.359. The van der Waals surface area contributed by atoms with Gasteiger partial charge in [-0.15, -0.1) is 11.3 Å². The second-order valence-electron chi connectivity index (χ2n) is 7.11. The van der Waals surface area contributed by atoms with Gasteiger partial charge in [0.15, 0.2) is 0 Å². The van der Waals surface area contributed by atoms with Crippen molar-refractivity contribution in [3.05, 3.63) is 93.3 Å². The number of hydrogen-bond donors (Lipinski definition) is 2. The molecule has 2 N–H and O–H groups in total. The van der Waals surface area contributed by atoms with Crippen LogP contribution in [0.1, 0.15) is 40.5 Å². The second-order valence-corrected chi connectivity index (χ2v) is 8.02. The normalized spacial score (nSPS) is 12.5. The third-order valence-corrected chi connectivity index (χ3v) is 6.21. The Kier molecular flexibility index (Phi) is 5.63. The Labute approximate surface area is 179 Å². The van der Waals surface area contributed by atoms with Crippen LogP contribution in [0, 0.1) is 6.92 Å². The van der Waals surface area contributed by atoms with Crippen LogP contribution in [0.15, 0.2) is 66.2 Å². The number of thiophene rings is 1. The van der Waals surface area contributed by atoms with Crippen LogP contribution in [-0.2, 0) is 4.79 Å². The van der Waals surface area contributed by atoms with Gasteiger partial charge >= 0.3 is 5.97 Å². The van der Waals surface area contributed by atoms with Crippen molar-refractivity contribution in [2.24, 2.45) is 0 Å². The van der Waals surface area contributed by atoms with Gasteiger partial charge in [0, 0.05) is 16.3 Å². The predicted octanol–water partition coefficient (Wildman–Crippen LogP) is 6.40. The maximum absolute atomic E-state index is 10.8. The van der Waals surface area contributed by atoms with E-state index in [0.29, 0.717) is 0 Å². The van der Waals surface area contributed by atoms with Crippen molar-refractivity contribution >= 4 is 45.4 Å². The molecule has 0 radical (unpaired) electrons. The zero-order valence-electron chi connectivity index (χ0n) is 16.8. The highest BCUT2D eigenvalue weighted by Gasteiger charge is 2.16. The summed E-state index contributed by atoms with van der Waals surface area (Å²) in [5.41, 5.74) is 7.89. The number of nitrogens with one attached hydrogen (secondary N) is 1. The average Bonchev–Trinajstić information content (AvgIpc) is 3.39. The van der Waals surface area contributed by atoms with Gasteiger partial charge in [-0.05, 0) is 76.4 Å². The minimum Gasteiger partial charge on any atom is -0.478 e. The van der Waals surface area contributed by atoms with E-state index < -0.39 is 5.97 Å². The number of aliphatic carboxylic acids is 1. The van der Waals surface area contributed by atoms with E-state index in [-0.39, 0.29) is 0 Å². The van der Waals surface area contributed by atoms with Crippen LogP contribution in [0.2, 0.25) is 0 Å². The number of carboxylic acid groups (broad SMARTS) is 1. The summed E-state index contributed by atoms with van der Waals surface area (Å²) in [5, 5.41) is 19.3. The number of carbonyl (C=O) groups is 1. The van der Waals surface area contributed by atoms with Crippen LogP contribution in [0.4, 0.5) is 0 Å². The lowest BCUT2D eigenvalue weighted by atomic mass is 9.89. The molecule has 4 rings (SSSR count). The molecule has 2 heterocycles. The lowest BCUT2D eigenvalue weighted by Gasteiger charge is -2.16. The minimum atomic E-state index is -0.950. The number of nitrogens with zero attached hydrogens (tertiary/aromatic N) is 1. The monoisotopic (exact) mass is 414 g/mol. The van der Waals surface area contributed by atoms with E-state index in [1.807, 2.05) is 18.3 Å². The highest BCUT2D eigenvalue weighted by molar-refractivity contribution is 7.11. The molecule has 0 aliphatic carbocycles. The van der Waals surface area contributed by atoms with Gasteiger partial charge in [0.25, 0.3) is 0 Å². The SMILES string of the molecule is CC/C(=C(/c1ccc(/C=C/C(=O)O)cc1)c1ccc2[nH]ncc2c1)c1sccc1C. The first kappa shape index (κ1) is 19.9. The molecule has 0 atom stereocenters. The van der Waals surface area contributed by atoms with Crippen LogP contribution in [-0.4, -0.2) is 21.3 Å². The number of allylic oxidation sites excluding steroid dienone is 1. The number of aromatic nitrogens is 2. The van der Waals surface area contributed by atoms with E-state index in [4.69, 9.17) is 5.11 Å². The Balaban J connectivity index is 1.90. The summed E-state index contributed by atoms with van der Waals surface area (Å²) in [6.07, 6.45) is 5.52. The molecular weight excluding hydrogens is 392 g/mol. The van der Waals surface area contributed by atoms with Crippen LogP contribution in [0.3, 0.4) is 0 Å². The summed E-state index contributed by atoms with van der Waals surface area (Å²) >= 11 is 1.77. The molecule has 5 heteroatoms. The standard InChI is InChI=1S/C25H22N2O2S/c1-3-21(25-16(2)12-13-30-25)24(19-9-10-22-20(14-19)15-26-27-22)18-7-4-17(5-8-18)6-11-23(28)29/h4-15H,3H2,1-2H3,(H,26,27)(H,28,29)/b11-6+,24-21+. The number of fused-ring (bicyclic) bond motifs is 1. The summed E-state index contributed by atoms with van der Waals surface area (Å²) in [6.45, 7) is 4.34. The summed E-state index contributed by atoms with van der Waals surface area (Å²) in [6, 6.07) is 16.6. The van der Waals surface area contributed by atoms with Gasteiger partial charge in [0.1, 0.15) is 0 Å². The fourth-order valence-corrected chi connectivity index (χ4v) is 4.73. The lowest BCUT2D eigenvalue weighted by molar-refractivity contribution is -0.131. The molecule has 0 aliphatic rings. The number of benzene rings is 2. The maximum Gasteiger partial charge on any atom is 0.328 e. The summed E-state index contributed by atoms with van der Waals surface area (Å²) in [4.78, 5) is 12.1. The Morgan fingerprint density at radius 1 is 1.13 bits per heavy atom. The molecule has 0 aliphatic heterocycles. The fraction of sp³-hybridized carbons (Fsp3) is 0.120. The highest BCUT2D eigenvalue weighted by Crippen LogP contribution is 2.38. The van der Waals surface area contributed by atoms with E-state index in [9.17, 15) is 4.79 Å². The lowest BCUT2D eigenvalue weighted by Crippen LogP contribution is -1.95. The second kappa shape index (κ2) is 8.51. The molecular formula is C25H22N2O2S. The van der Waals surface area contributed by atoms with E-state index in [1.54, 1.807) is 17.4 Å². The molecule has 0 bridgehead atoms. The largest absolute Gasteiger partial charge is 0.478 e. The van der Waals surface area contributed by atoms with E-state index in [2.05, 4.69) is 65.8 Å². The molecule has 2 aromatic carbocycles. The molecule has 0 saturated heterocycles. The first-order chi connectivity index (χ1) is 14.6. The third-order valence-electron chi connectivity index (χ3n) is 5.14. The van der Waals surface area contributed by atoms with Gasteiger partial charge in [-0.1, -0.05) is 37.3 Å². The predicted molar refractivity (Wildman–Crippen MR) is 124 cm³/mol. The molecule has 0 amide bonds. The maximum atomic E-state index is 10.8. The average molecular weight is 415 g/mol. The molecule has 30 heavy (non-hydrogen) atoms. The van der Waals surface area contributed by atoms with Crippen molar-refractivity contribution in [3.63, 3.8) is 0 Å². The van der Waals surface area contributed by atoms with Gasteiger partial charge < -0.3 is 5.11 Å². The van der Waals surface area contributed by atoms with Crippen LogP contribution < -0.4 is 0 Å². The Morgan fingerprint density at radius 3 is 2.57 bits per heavy atom. The van der Waals surface area contributed by atoms with Crippen molar-refractivity contribution in [1.82, 2.24) is 10.2 Å². The summed E-state index contributed by atoms with van der Waals surface area (Å²) < 4.78 is 0. The molecule has 0 fully saturated rings. The Morgan fingerprint density at radius 2 is 1.90 bits per heavy atom. The Bertz CT molecular complexity index is 1260. The number of hydrogen-bond acceptors (Lipinski definition) is 3. The van der Waals surface area contributed by atoms with Gasteiger partial charge in [0.05, 0.1) is 11.7 Å². The molecule has 0 spiro atoms. The fourth-order valence-electron chi connectivity index (χ4n) is 3.67. The molecule has 2 aromatic heterocycles. The zero-order valence-corrected chi connectivity index (χ0v) is 17.7. The number of aryl methyl sites for hydroxylation is 1. The topological polar surface area (TPSA) is 66.0 Å². The van der Waals surface area contributed by atoms with E-state index in [1.165, 1.54) is 21.6 Å². The number of carboxylic acids is 1. The number of rotatable bonds is 6. The minimum absolute atomic E-state index is 0.858. The zero-order chi connectivity index (χ0) is 21.1. The van der Waals surface area contributed by atoms with Crippen LogP contribution in [0.5, 0.6) is 0 Å². The first-order valence-electron chi connectivity index (χ1n) is 9.79. The summed E-state index contributed by atoms with van der Waals surface area (Å²) in [7, 11) is 0. The van der Waals surface area contributed by atoms with Crippen molar-refractivity contribution < 1.29 is 9.90 Å². The van der Waals surface area contributed by atoms with Crippen molar-refractivity contribution in [2.75, 3.05) is 0 Å². The smallest absolute Gasteiger partial charge is 0.328 e. The first-order valence-corrected chi connectivity index (χ1v) is 10.7. The molecule has 0 saturated carbocycles. The van der Waals surface area contributed by atoms with Gasteiger partial charge in [-0.25, -0.2) is 4.79 Å². The Hall–Kier alpha value is -3.44. The molecule has 4 aromatic rings. The van der Waals surface area contributed by atoms with Crippen molar-refractivity contribution in [3.8, 4) is 0 Å². The molecule has 150 valence electrons. The van der Waals surface area contributed by atoms with E-state index in [0.717, 1.165) is 40.1 Å². The van der Waals surface area contributed by atoms with Crippen molar-refractivity contribution in [2.45, 2.75) is 20.3 Å². The number of H-pyrrole nitrogens is 1. The summed E-state index contributed by atoms with van der Waals surface area (Å²) in [5.74, 6) is -0.950. The highest BCUT2D eigenvalue weighted by atomic mass is 32.1. The van der Waals surface area contributed by atoms with Gasteiger partial charge in [-0.2, -0.15) is 5.10 Å². The molecule has 4 nitrogen and oxygen atoms in total.